The first kappa shape index (κ1) is 15.8. The number of benzene rings is 1. The number of amides is 1. The van der Waals surface area contributed by atoms with Crippen LogP contribution in [0.15, 0.2) is 18.2 Å². The Kier molecular flexibility index (Phi) is 3.71. The van der Waals surface area contributed by atoms with Gasteiger partial charge in [0.1, 0.15) is 17.0 Å². The minimum atomic E-state index is -0.276. The number of likely N-dealkylation sites (tertiary alicyclic amines) is 1. The molecule has 4 rings (SSSR count). The predicted molar refractivity (Wildman–Crippen MR) is 91.2 cm³/mol. The van der Waals surface area contributed by atoms with Crippen LogP contribution in [0.3, 0.4) is 0 Å². The van der Waals surface area contributed by atoms with E-state index in [4.69, 9.17) is 9.47 Å². The lowest BCUT2D eigenvalue weighted by molar-refractivity contribution is 0.0443. The zero-order chi connectivity index (χ0) is 16.8. The summed E-state index contributed by atoms with van der Waals surface area (Å²) in [5.74, 6) is 1.03. The second kappa shape index (κ2) is 5.66. The van der Waals surface area contributed by atoms with Crippen LogP contribution in [0.5, 0.6) is 5.75 Å². The van der Waals surface area contributed by atoms with E-state index in [1.807, 2.05) is 0 Å². The van der Waals surface area contributed by atoms with Crippen LogP contribution in [0.1, 0.15) is 44.2 Å². The first-order chi connectivity index (χ1) is 11.4. The maximum Gasteiger partial charge on any atom is 0.407 e. The Balaban J connectivity index is 1.41. The molecule has 3 aliphatic rings. The number of fused-ring (bicyclic) bond motifs is 1. The normalized spacial score (nSPS) is 28.8. The van der Waals surface area contributed by atoms with Crippen LogP contribution in [0.4, 0.5) is 4.79 Å². The predicted octanol–water partition coefficient (Wildman–Crippen LogP) is 2.86. The number of ether oxygens (including phenoxy) is 2. The fourth-order valence-electron chi connectivity index (χ4n) is 4.18. The Morgan fingerprint density at radius 1 is 1.21 bits per heavy atom. The van der Waals surface area contributed by atoms with Crippen molar-refractivity contribution in [2.24, 2.45) is 0 Å². The quantitative estimate of drug-likeness (QED) is 0.906. The molecule has 0 radical (unpaired) electrons. The standard InChI is InChI=1S/C19H26N2O3/c1-18(2)11-15-10-14(4-5-16(15)23-18)12-21-8-3-6-19(7-9-21)13-20-17(22)24-19/h4-5,10H,3,6-9,11-13H2,1-2H3,(H,20,22)/t19-/m1/s1. The average molecular weight is 330 g/mol. The number of hydrogen-bond acceptors (Lipinski definition) is 4. The van der Waals surface area contributed by atoms with Crippen molar-refractivity contribution in [3.63, 3.8) is 0 Å². The molecule has 0 aromatic heterocycles. The van der Waals surface area contributed by atoms with Crippen molar-refractivity contribution in [1.82, 2.24) is 10.2 Å². The molecule has 2 fully saturated rings. The molecule has 3 aliphatic heterocycles. The van der Waals surface area contributed by atoms with E-state index < -0.39 is 0 Å². The maximum atomic E-state index is 11.4. The van der Waals surface area contributed by atoms with Crippen molar-refractivity contribution in [1.29, 1.82) is 0 Å². The van der Waals surface area contributed by atoms with Gasteiger partial charge in [-0.2, -0.15) is 0 Å². The number of carbonyl (C=O) groups is 1. The lowest BCUT2D eigenvalue weighted by atomic mass is 9.95. The summed E-state index contributed by atoms with van der Waals surface area (Å²) in [5, 5.41) is 2.81. The first-order valence-corrected chi connectivity index (χ1v) is 8.93. The third kappa shape index (κ3) is 3.09. The van der Waals surface area contributed by atoms with Crippen LogP contribution >= 0.6 is 0 Å². The number of alkyl carbamates (subject to hydrolysis) is 1. The Morgan fingerprint density at radius 2 is 2.08 bits per heavy atom. The fourth-order valence-corrected chi connectivity index (χ4v) is 4.18. The smallest absolute Gasteiger partial charge is 0.407 e. The van der Waals surface area contributed by atoms with Crippen molar-refractivity contribution in [3.8, 4) is 5.75 Å². The van der Waals surface area contributed by atoms with Crippen molar-refractivity contribution in [2.45, 2.75) is 57.3 Å². The van der Waals surface area contributed by atoms with Crippen LogP contribution in [0, 0.1) is 0 Å². The van der Waals surface area contributed by atoms with Gasteiger partial charge in [0.25, 0.3) is 0 Å². The highest BCUT2D eigenvalue weighted by Crippen LogP contribution is 2.36. The number of rotatable bonds is 2. The van der Waals surface area contributed by atoms with Crippen LogP contribution < -0.4 is 10.1 Å². The van der Waals surface area contributed by atoms with Gasteiger partial charge in [0, 0.05) is 25.9 Å². The minimum absolute atomic E-state index is 0.0880. The molecule has 1 N–H and O–H groups in total. The Bertz CT molecular complexity index is 658. The van der Waals surface area contributed by atoms with E-state index in [1.165, 1.54) is 11.1 Å². The summed E-state index contributed by atoms with van der Waals surface area (Å²) in [6.07, 6.45) is 3.64. The second-order valence-corrected chi connectivity index (χ2v) is 8.04. The molecule has 5 heteroatoms. The summed E-state index contributed by atoms with van der Waals surface area (Å²) >= 11 is 0. The number of carbonyl (C=O) groups excluding carboxylic acids is 1. The van der Waals surface area contributed by atoms with Gasteiger partial charge in [0.2, 0.25) is 0 Å². The van der Waals surface area contributed by atoms with Crippen molar-refractivity contribution in [3.05, 3.63) is 29.3 Å². The Labute approximate surface area is 143 Å². The molecule has 0 unspecified atom stereocenters. The maximum absolute atomic E-state index is 11.4. The van der Waals surface area contributed by atoms with E-state index >= 15 is 0 Å². The second-order valence-electron chi connectivity index (χ2n) is 8.04. The number of nitrogens with zero attached hydrogens (tertiary/aromatic N) is 1. The molecular formula is C19H26N2O3. The third-order valence-electron chi connectivity index (χ3n) is 5.39. The van der Waals surface area contributed by atoms with E-state index in [2.05, 4.69) is 42.3 Å². The van der Waals surface area contributed by atoms with Gasteiger partial charge >= 0.3 is 6.09 Å². The summed E-state index contributed by atoms with van der Waals surface area (Å²) < 4.78 is 11.5. The zero-order valence-corrected chi connectivity index (χ0v) is 14.6. The SMILES string of the molecule is CC1(C)Cc2cc(CN3CCC[C@@]4(CC3)CNC(=O)O4)ccc2O1. The molecule has 0 saturated carbocycles. The van der Waals surface area contributed by atoms with E-state index in [-0.39, 0.29) is 17.3 Å². The molecule has 0 aliphatic carbocycles. The molecule has 3 heterocycles. The van der Waals surface area contributed by atoms with Gasteiger partial charge in [-0.05, 0) is 50.4 Å². The van der Waals surface area contributed by atoms with Crippen molar-refractivity contribution < 1.29 is 14.3 Å². The van der Waals surface area contributed by atoms with Gasteiger partial charge in [0.15, 0.2) is 0 Å². The van der Waals surface area contributed by atoms with Gasteiger partial charge in [-0.1, -0.05) is 12.1 Å². The summed E-state index contributed by atoms with van der Waals surface area (Å²) in [5.41, 5.74) is 2.29. The molecule has 1 amide bonds. The lowest BCUT2D eigenvalue weighted by Crippen LogP contribution is -2.34. The highest BCUT2D eigenvalue weighted by atomic mass is 16.6. The lowest BCUT2D eigenvalue weighted by Gasteiger charge is -2.25. The monoisotopic (exact) mass is 330 g/mol. The molecular weight excluding hydrogens is 304 g/mol. The summed E-state index contributed by atoms with van der Waals surface area (Å²) in [6.45, 7) is 7.90. The van der Waals surface area contributed by atoms with Crippen LogP contribution in [0.2, 0.25) is 0 Å². The van der Waals surface area contributed by atoms with Crippen molar-refractivity contribution in [2.75, 3.05) is 19.6 Å². The molecule has 1 aromatic rings. The highest BCUT2D eigenvalue weighted by molar-refractivity contribution is 5.70. The van der Waals surface area contributed by atoms with Crippen molar-refractivity contribution >= 4 is 6.09 Å². The zero-order valence-electron chi connectivity index (χ0n) is 14.6. The van der Waals surface area contributed by atoms with Gasteiger partial charge in [-0.15, -0.1) is 0 Å². The summed E-state index contributed by atoms with van der Waals surface area (Å²) in [7, 11) is 0. The van der Waals surface area contributed by atoms with Gasteiger partial charge in [-0.3, -0.25) is 4.90 Å². The third-order valence-corrected chi connectivity index (χ3v) is 5.39. The topological polar surface area (TPSA) is 50.8 Å². The molecule has 5 nitrogen and oxygen atoms in total. The minimum Gasteiger partial charge on any atom is -0.487 e. The summed E-state index contributed by atoms with van der Waals surface area (Å²) in [6, 6.07) is 6.58. The van der Waals surface area contributed by atoms with Gasteiger partial charge in [-0.25, -0.2) is 4.79 Å². The highest BCUT2D eigenvalue weighted by Gasteiger charge is 2.41. The van der Waals surface area contributed by atoms with Crippen LogP contribution in [0.25, 0.3) is 0 Å². The first-order valence-electron chi connectivity index (χ1n) is 8.93. The Hall–Kier alpha value is -1.75. The van der Waals surface area contributed by atoms with Gasteiger partial charge in [0.05, 0.1) is 6.54 Å². The molecule has 24 heavy (non-hydrogen) atoms. The van der Waals surface area contributed by atoms with E-state index in [9.17, 15) is 4.79 Å². The average Bonchev–Trinajstić information content (AvgIpc) is 2.95. The summed E-state index contributed by atoms with van der Waals surface area (Å²) in [4.78, 5) is 13.9. The van der Waals surface area contributed by atoms with Gasteiger partial charge < -0.3 is 14.8 Å². The van der Waals surface area contributed by atoms with Crippen LogP contribution in [-0.4, -0.2) is 41.8 Å². The number of hydrogen-bond donors (Lipinski definition) is 1. The number of nitrogens with one attached hydrogen (secondary N) is 1. The van der Waals surface area contributed by atoms with E-state index in [0.29, 0.717) is 6.54 Å². The largest absolute Gasteiger partial charge is 0.487 e. The molecule has 130 valence electrons. The van der Waals surface area contributed by atoms with E-state index in [1.54, 1.807) is 0 Å². The molecule has 1 atom stereocenters. The molecule has 1 spiro atoms. The van der Waals surface area contributed by atoms with Crippen LogP contribution in [-0.2, 0) is 17.7 Å². The van der Waals surface area contributed by atoms with E-state index in [0.717, 1.165) is 51.1 Å². The Morgan fingerprint density at radius 3 is 2.88 bits per heavy atom. The molecule has 2 saturated heterocycles. The molecule has 0 bridgehead atoms. The fraction of sp³-hybridized carbons (Fsp3) is 0.632. The molecule has 1 aromatic carbocycles.